The SMILES string of the molecule is O=C(O)c1ccccc1C(=O)c1cc(Br)c(O)cc1O. The van der Waals surface area contributed by atoms with Gasteiger partial charge in [-0.1, -0.05) is 18.2 Å². The van der Waals surface area contributed by atoms with Crippen LogP contribution in [0.4, 0.5) is 0 Å². The minimum absolute atomic E-state index is 0.0344. The van der Waals surface area contributed by atoms with Crippen molar-refractivity contribution in [2.45, 2.75) is 0 Å². The van der Waals surface area contributed by atoms with Crippen molar-refractivity contribution < 1.29 is 24.9 Å². The van der Waals surface area contributed by atoms with Crippen molar-refractivity contribution in [3.63, 3.8) is 0 Å². The molecule has 0 unspecified atom stereocenters. The number of hydrogen-bond donors (Lipinski definition) is 3. The minimum atomic E-state index is -1.23. The molecule has 0 bridgehead atoms. The van der Waals surface area contributed by atoms with E-state index in [9.17, 15) is 19.8 Å². The Bertz CT molecular complexity index is 709. The third-order valence-corrected chi connectivity index (χ3v) is 3.35. The van der Waals surface area contributed by atoms with E-state index in [1.165, 1.54) is 30.3 Å². The van der Waals surface area contributed by atoms with Crippen molar-refractivity contribution in [3.05, 3.63) is 57.6 Å². The van der Waals surface area contributed by atoms with Crippen molar-refractivity contribution in [1.82, 2.24) is 0 Å². The zero-order valence-corrected chi connectivity index (χ0v) is 11.6. The summed E-state index contributed by atoms with van der Waals surface area (Å²) < 4.78 is 0.228. The standard InChI is InChI=1S/C14H9BrO5/c15-10-5-9(11(16)6-12(10)17)13(18)7-3-1-2-4-8(7)14(19)20/h1-6,16-17H,(H,19,20). The lowest BCUT2D eigenvalue weighted by Crippen LogP contribution is -2.09. The molecule has 0 aliphatic carbocycles. The highest BCUT2D eigenvalue weighted by atomic mass is 79.9. The molecule has 0 fully saturated rings. The zero-order chi connectivity index (χ0) is 14.9. The van der Waals surface area contributed by atoms with Crippen LogP contribution in [0.5, 0.6) is 11.5 Å². The number of carboxylic acid groups (broad SMARTS) is 1. The molecule has 0 heterocycles. The van der Waals surface area contributed by atoms with Crippen LogP contribution in [-0.4, -0.2) is 27.1 Å². The highest BCUT2D eigenvalue weighted by molar-refractivity contribution is 9.10. The molecule has 2 aromatic carbocycles. The molecule has 20 heavy (non-hydrogen) atoms. The summed E-state index contributed by atoms with van der Waals surface area (Å²) in [6, 6.07) is 7.97. The number of carbonyl (C=O) groups excluding carboxylic acids is 1. The number of phenols is 2. The average molecular weight is 337 g/mol. The lowest BCUT2D eigenvalue weighted by Gasteiger charge is -2.08. The number of rotatable bonds is 3. The third-order valence-electron chi connectivity index (χ3n) is 2.71. The van der Waals surface area contributed by atoms with Crippen molar-refractivity contribution in [3.8, 4) is 11.5 Å². The Morgan fingerprint density at radius 1 is 0.900 bits per heavy atom. The first-order valence-electron chi connectivity index (χ1n) is 5.50. The van der Waals surface area contributed by atoms with Crippen molar-refractivity contribution >= 4 is 27.7 Å². The molecule has 0 aliphatic heterocycles. The van der Waals surface area contributed by atoms with E-state index in [-0.39, 0.29) is 26.9 Å². The smallest absolute Gasteiger partial charge is 0.336 e. The van der Waals surface area contributed by atoms with Gasteiger partial charge in [0.1, 0.15) is 11.5 Å². The van der Waals surface area contributed by atoms with E-state index in [1.54, 1.807) is 0 Å². The van der Waals surface area contributed by atoms with E-state index in [0.29, 0.717) is 0 Å². The summed E-state index contributed by atoms with van der Waals surface area (Å²) >= 11 is 3.04. The number of ketones is 1. The maximum atomic E-state index is 12.3. The van der Waals surface area contributed by atoms with Crippen LogP contribution in [0.2, 0.25) is 0 Å². The largest absolute Gasteiger partial charge is 0.507 e. The van der Waals surface area contributed by atoms with E-state index in [0.717, 1.165) is 6.07 Å². The van der Waals surface area contributed by atoms with Gasteiger partial charge in [-0.2, -0.15) is 0 Å². The van der Waals surface area contributed by atoms with Gasteiger partial charge in [0, 0.05) is 11.6 Å². The van der Waals surface area contributed by atoms with Gasteiger partial charge >= 0.3 is 5.97 Å². The van der Waals surface area contributed by atoms with Crippen LogP contribution in [0, 0.1) is 0 Å². The maximum absolute atomic E-state index is 12.3. The molecule has 6 heteroatoms. The molecule has 3 N–H and O–H groups in total. The van der Waals surface area contributed by atoms with Crippen LogP contribution in [0.25, 0.3) is 0 Å². The number of halogens is 1. The number of hydrogen-bond acceptors (Lipinski definition) is 4. The van der Waals surface area contributed by atoms with Crippen LogP contribution < -0.4 is 0 Å². The molecule has 0 aromatic heterocycles. The fraction of sp³-hybridized carbons (Fsp3) is 0. The summed E-state index contributed by atoms with van der Waals surface area (Å²) in [5, 5.41) is 28.2. The van der Waals surface area contributed by atoms with Crippen molar-refractivity contribution in [1.29, 1.82) is 0 Å². The second-order valence-corrected chi connectivity index (χ2v) is 4.85. The fourth-order valence-corrected chi connectivity index (χ4v) is 2.09. The Balaban J connectivity index is 2.58. The fourth-order valence-electron chi connectivity index (χ4n) is 1.75. The summed E-state index contributed by atoms with van der Waals surface area (Å²) in [7, 11) is 0. The molecule has 0 atom stereocenters. The molecule has 0 saturated carbocycles. The van der Waals surface area contributed by atoms with Gasteiger partial charge in [-0.25, -0.2) is 4.79 Å². The number of carbonyl (C=O) groups is 2. The topological polar surface area (TPSA) is 94.8 Å². The molecule has 0 amide bonds. The summed E-state index contributed by atoms with van der Waals surface area (Å²) in [6.45, 7) is 0. The minimum Gasteiger partial charge on any atom is -0.507 e. The van der Waals surface area contributed by atoms with Crippen LogP contribution >= 0.6 is 15.9 Å². The van der Waals surface area contributed by atoms with E-state index < -0.39 is 17.5 Å². The summed E-state index contributed by atoms with van der Waals surface area (Å²) in [6.07, 6.45) is 0. The van der Waals surface area contributed by atoms with Gasteiger partial charge in [-0.05, 0) is 28.1 Å². The van der Waals surface area contributed by atoms with Gasteiger partial charge in [-0.15, -0.1) is 0 Å². The molecule has 2 aromatic rings. The Hall–Kier alpha value is -2.34. The Morgan fingerprint density at radius 3 is 2.10 bits per heavy atom. The van der Waals surface area contributed by atoms with Crippen molar-refractivity contribution in [2.75, 3.05) is 0 Å². The summed E-state index contributed by atoms with van der Waals surface area (Å²) in [5.41, 5.74) is -0.280. The van der Waals surface area contributed by atoms with Gasteiger partial charge in [-0.3, -0.25) is 4.79 Å². The van der Waals surface area contributed by atoms with Gasteiger partial charge in [0.05, 0.1) is 15.6 Å². The molecule has 0 spiro atoms. The third kappa shape index (κ3) is 2.50. The van der Waals surface area contributed by atoms with Crippen molar-refractivity contribution in [2.24, 2.45) is 0 Å². The summed E-state index contributed by atoms with van der Waals surface area (Å²) in [5.74, 6) is -2.51. The second kappa shape index (κ2) is 5.34. The van der Waals surface area contributed by atoms with Crippen LogP contribution in [-0.2, 0) is 0 Å². The van der Waals surface area contributed by atoms with E-state index in [1.807, 2.05) is 0 Å². The number of carboxylic acids is 1. The molecule has 102 valence electrons. The molecular formula is C14H9BrO5. The lowest BCUT2D eigenvalue weighted by molar-refractivity contribution is 0.0692. The highest BCUT2D eigenvalue weighted by Crippen LogP contribution is 2.32. The van der Waals surface area contributed by atoms with Gasteiger partial charge in [0.2, 0.25) is 0 Å². The van der Waals surface area contributed by atoms with E-state index >= 15 is 0 Å². The second-order valence-electron chi connectivity index (χ2n) is 4.00. The molecule has 2 rings (SSSR count). The zero-order valence-electron chi connectivity index (χ0n) is 10.0. The molecular weight excluding hydrogens is 328 g/mol. The number of phenolic OH excluding ortho intramolecular Hbond substituents is 2. The number of aromatic carboxylic acids is 1. The first kappa shape index (κ1) is 14.1. The van der Waals surface area contributed by atoms with E-state index in [4.69, 9.17) is 5.11 Å². The quantitative estimate of drug-likeness (QED) is 0.749. The average Bonchev–Trinajstić information content (AvgIpc) is 2.42. The van der Waals surface area contributed by atoms with Crippen LogP contribution in [0.1, 0.15) is 26.3 Å². The summed E-state index contributed by atoms with van der Waals surface area (Å²) in [4.78, 5) is 23.4. The number of benzene rings is 2. The van der Waals surface area contributed by atoms with E-state index in [2.05, 4.69) is 15.9 Å². The normalized spacial score (nSPS) is 10.2. The van der Waals surface area contributed by atoms with Gasteiger partial charge in [0.25, 0.3) is 0 Å². The lowest BCUT2D eigenvalue weighted by atomic mass is 9.97. The molecule has 0 radical (unpaired) electrons. The predicted octanol–water partition coefficient (Wildman–Crippen LogP) is 2.79. The Labute approximate surface area is 122 Å². The Morgan fingerprint density at radius 2 is 1.50 bits per heavy atom. The highest BCUT2D eigenvalue weighted by Gasteiger charge is 2.21. The van der Waals surface area contributed by atoms with Crippen LogP contribution in [0.15, 0.2) is 40.9 Å². The number of aromatic hydroxyl groups is 2. The Kier molecular flexibility index (Phi) is 3.76. The van der Waals surface area contributed by atoms with Crippen LogP contribution in [0.3, 0.4) is 0 Å². The first-order chi connectivity index (χ1) is 9.41. The molecule has 5 nitrogen and oxygen atoms in total. The van der Waals surface area contributed by atoms with Gasteiger partial charge in [0.15, 0.2) is 5.78 Å². The maximum Gasteiger partial charge on any atom is 0.336 e. The predicted molar refractivity (Wildman–Crippen MR) is 74.3 cm³/mol. The molecule has 0 aliphatic rings. The first-order valence-corrected chi connectivity index (χ1v) is 6.29. The monoisotopic (exact) mass is 336 g/mol. The van der Waals surface area contributed by atoms with Gasteiger partial charge < -0.3 is 15.3 Å². The molecule has 0 saturated heterocycles.